The lowest BCUT2D eigenvalue weighted by molar-refractivity contribution is -0.147. The normalized spacial score (nSPS) is 12.7. The molecule has 0 radical (unpaired) electrons. The summed E-state index contributed by atoms with van der Waals surface area (Å²) >= 11 is 0. The van der Waals surface area contributed by atoms with Crippen LogP contribution in [0.15, 0.2) is 63.8 Å². The second kappa shape index (κ2) is 9.12. The number of fused-ring (bicyclic) bond motifs is 1. The van der Waals surface area contributed by atoms with Crippen LogP contribution in [-0.2, 0) is 14.4 Å². The number of carboxylic acid groups (broad SMARTS) is 2. The second-order valence-corrected chi connectivity index (χ2v) is 6.76. The Hall–Kier alpha value is -4.14. The molecule has 2 atom stereocenters. The van der Waals surface area contributed by atoms with Crippen LogP contribution in [0.5, 0.6) is 5.75 Å². The first-order valence-electron chi connectivity index (χ1n) is 9.29. The molecular weight excluding hydrogens is 406 g/mol. The topological polar surface area (TPSA) is 143 Å². The number of rotatable bonds is 8. The van der Waals surface area contributed by atoms with Gasteiger partial charge in [0.1, 0.15) is 17.4 Å². The van der Waals surface area contributed by atoms with Crippen LogP contribution in [0.2, 0.25) is 0 Å². The molecule has 0 saturated heterocycles. The molecule has 3 aromatic rings. The van der Waals surface area contributed by atoms with E-state index >= 15 is 0 Å². The van der Waals surface area contributed by atoms with Gasteiger partial charge in [-0.1, -0.05) is 30.3 Å². The highest BCUT2D eigenvalue weighted by Gasteiger charge is 2.26. The van der Waals surface area contributed by atoms with E-state index in [0.717, 1.165) is 5.56 Å². The van der Waals surface area contributed by atoms with E-state index in [-0.39, 0.29) is 11.3 Å². The Morgan fingerprint density at radius 2 is 1.77 bits per heavy atom. The van der Waals surface area contributed by atoms with Crippen LogP contribution in [-0.4, -0.2) is 40.2 Å². The zero-order valence-corrected chi connectivity index (χ0v) is 16.4. The summed E-state index contributed by atoms with van der Waals surface area (Å²) in [4.78, 5) is 46.1. The van der Waals surface area contributed by atoms with Crippen LogP contribution < -0.4 is 15.7 Å². The summed E-state index contributed by atoms with van der Waals surface area (Å²) in [5.41, 5.74) is 1.22. The van der Waals surface area contributed by atoms with Gasteiger partial charge in [-0.05, 0) is 30.2 Å². The molecule has 0 spiro atoms. The van der Waals surface area contributed by atoms with Gasteiger partial charge >= 0.3 is 17.6 Å². The van der Waals surface area contributed by atoms with Crippen LogP contribution in [0.3, 0.4) is 0 Å². The van der Waals surface area contributed by atoms with E-state index in [4.69, 9.17) is 19.4 Å². The average Bonchev–Trinajstić information content (AvgIpc) is 2.72. The van der Waals surface area contributed by atoms with E-state index in [1.807, 2.05) is 30.3 Å². The van der Waals surface area contributed by atoms with E-state index in [1.165, 1.54) is 19.1 Å². The second-order valence-electron chi connectivity index (χ2n) is 6.76. The van der Waals surface area contributed by atoms with Crippen molar-refractivity contribution in [2.75, 3.05) is 0 Å². The Bertz CT molecular complexity index is 1190. The van der Waals surface area contributed by atoms with Gasteiger partial charge in [-0.25, -0.2) is 9.59 Å². The third-order valence-corrected chi connectivity index (χ3v) is 4.48. The molecule has 160 valence electrons. The van der Waals surface area contributed by atoms with Crippen molar-refractivity contribution < 1.29 is 33.8 Å². The first kappa shape index (κ1) is 21.6. The van der Waals surface area contributed by atoms with E-state index in [0.29, 0.717) is 10.9 Å². The molecule has 0 aliphatic heterocycles. The van der Waals surface area contributed by atoms with Crippen molar-refractivity contribution in [3.8, 4) is 16.9 Å². The lowest BCUT2D eigenvalue weighted by Gasteiger charge is -2.18. The van der Waals surface area contributed by atoms with Gasteiger partial charge < -0.3 is 24.7 Å². The SMILES string of the molecule is CC(Oc1ccc2c(-c3ccccc3)cc(=O)oc2c1)C(=O)NC(CC(=O)O)C(=O)O. The molecule has 0 saturated carbocycles. The molecule has 0 fully saturated rings. The lowest BCUT2D eigenvalue weighted by Crippen LogP contribution is -2.47. The van der Waals surface area contributed by atoms with Crippen molar-refractivity contribution in [1.29, 1.82) is 0 Å². The van der Waals surface area contributed by atoms with Crippen molar-refractivity contribution in [1.82, 2.24) is 5.32 Å². The Morgan fingerprint density at radius 3 is 2.42 bits per heavy atom. The van der Waals surface area contributed by atoms with Crippen molar-refractivity contribution in [2.45, 2.75) is 25.5 Å². The Morgan fingerprint density at radius 1 is 1.06 bits per heavy atom. The minimum Gasteiger partial charge on any atom is -0.481 e. The molecule has 3 rings (SSSR count). The number of nitrogens with one attached hydrogen (secondary N) is 1. The van der Waals surface area contributed by atoms with Gasteiger partial charge in [0.05, 0.1) is 6.42 Å². The van der Waals surface area contributed by atoms with Crippen LogP contribution in [0.4, 0.5) is 0 Å². The number of aliphatic carboxylic acids is 2. The third kappa shape index (κ3) is 5.27. The Kier molecular flexibility index (Phi) is 6.35. The molecule has 9 nitrogen and oxygen atoms in total. The van der Waals surface area contributed by atoms with Gasteiger partial charge in [0, 0.05) is 17.5 Å². The maximum atomic E-state index is 12.2. The van der Waals surface area contributed by atoms with Crippen LogP contribution in [0.25, 0.3) is 22.1 Å². The number of carbonyl (C=O) groups is 3. The number of carboxylic acids is 2. The smallest absolute Gasteiger partial charge is 0.336 e. The summed E-state index contributed by atoms with van der Waals surface area (Å²) in [5, 5.41) is 20.6. The van der Waals surface area contributed by atoms with Gasteiger partial charge in [0.25, 0.3) is 5.91 Å². The molecule has 0 aliphatic carbocycles. The van der Waals surface area contributed by atoms with Crippen LogP contribution >= 0.6 is 0 Å². The van der Waals surface area contributed by atoms with Crippen molar-refractivity contribution in [3.63, 3.8) is 0 Å². The molecule has 2 unspecified atom stereocenters. The predicted octanol–water partition coefficient (Wildman–Crippen LogP) is 2.27. The quantitative estimate of drug-likeness (QED) is 0.467. The lowest BCUT2D eigenvalue weighted by atomic mass is 10.0. The number of benzene rings is 2. The predicted molar refractivity (Wildman–Crippen MR) is 110 cm³/mol. The largest absolute Gasteiger partial charge is 0.481 e. The number of ether oxygens (including phenoxy) is 1. The molecule has 1 amide bonds. The van der Waals surface area contributed by atoms with Gasteiger partial charge in [-0.3, -0.25) is 9.59 Å². The van der Waals surface area contributed by atoms with E-state index in [2.05, 4.69) is 5.32 Å². The number of carbonyl (C=O) groups excluding carboxylic acids is 1. The van der Waals surface area contributed by atoms with Crippen molar-refractivity contribution in [3.05, 3.63) is 65.0 Å². The highest BCUT2D eigenvalue weighted by atomic mass is 16.5. The number of hydrogen-bond acceptors (Lipinski definition) is 6. The first-order valence-corrected chi connectivity index (χ1v) is 9.29. The molecule has 3 N–H and O–H groups in total. The van der Waals surface area contributed by atoms with Crippen LogP contribution in [0, 0.1) is 0 Å². The van der Waals surface area contributed by atoms with Crippen LogP contribution in [0.1, 0.15) is 13.3 Å². The van der Waals surface area contributed by atoms with Crippen molar-refractivity contribution in [2.24, 2.45) is 0 Å². The average molecular weight is 425 g/mol. The molecule has 1 heterocycles. The Labute approximate surface area is 175 Å². The van der Waals surface area contributed by atoms with Gasteiger partial charge in [0.15, 0.2) is 6.10 Å². The van der Waals surface area contributed by atoms with E-state index < -0.39 is 42.0 Å². The molecule has 2 aromatic carbocycles. The summed E-state index contributed by atoms with van der Waals surface area (Å²) in [6.07, 6.45) is -1.89. The highest BCUT2D eigenvalue weighted by molar-refractivity contribution is 5.94. The van der Waals surface area contributed by atoms with Gasteiger partial charge in [-0.15, -0.1) is 0 Å². The van der Waals surface area contributed by atoms with Gasteiger partial charge in [0.2, 0.25) is 0 Å². The number of hydrogen-bond donors (Lipinski definition) is 3. The first-order chi connectivity index (χ1) is 14.7. The summed E-state index contributed by atoms with van der Waals surface area (Å²) < 4.78 is 10.8. The minimum absolute atomic E-state index is 0.216. The minimum atomic E-state index is -1.58. The molecule has 1 aromatic heterocycles. The number of amides is 1. The highest BCUT2D eigenvalue weighted by Crippen LogP contribution is 2.29. The maximum Gasteiger partial charge on any atom is 0.336 e. The van der Waals surface area contributed by atoms with E-state index in [9.17, 15) is 19.2 Å². The molecular formula is C22H19NO8. The third-order valence-electron chi connectivity index (χ3n) is 4.48. The fourth-order valence-corrected chi connectivity index (χ4v) is 2.99. The fourth-order valence-electron chi connectivity index (χ4n) is 2.99. The summed E-state index contributed by atoms with van der Waals surface area (Å²) in [7, 11) is 0. The fraction of sp³-hybridized carbons (Fsp3) is 0.182. The monoisotopic (exact) mass is 425 g/mol. The van der Waals surface area contributed by atoms with E-state index in [1.54, 1.807) is 12.1 Å². The maximum absolute atomic E-state index is 12.2. The molecule has 31 heavy (non-hydrogen) atoms. The summed E-state index contributed by atoms with van der Waals surface area (Å²) in [6, 6.07) is 13.8. The molecule has 9 heteroatoms. The molecule has 0 bridgehead atoms. The zero-order valence-electron chi connectivity index (χ0n) is 16.4. The zero-order chi connectivity index (χ0) is 22.5. The summed E-state index contributed by atoms with van der Waals surface area (Å²) in [6.45, 7) is 1.38. The molecule has 0 aliphatic rings. The van der Waals surface area contributed by atoms with Crippen molar-refractivity contribution >= 4 is 28.8 Å². The van der Waals surface area contributed by atoms with Gasteiger partial charge in [-0.2, -0.15) is 0 Å². The summed E-state index contributed by atoms with van der Waals surface area (Å²) in [5.74, 6) is -3.41. The Balaban J connectivity index is 1.82. The standard InChI is InChI=1S/C22H19NO8/c1-12(21(27)23-17(22(28)29)11-19(24)25)30-14-7-8-15-16(13-5-3-2-4-6-13)10-20(26)31-18(15)9-14/h2-10,12,17H,11H2,1H3,(H,23,27)(H,24,25)(H,28,29).